The van der Waals surface area contributed by atoms with Gasteiger partial charge in [0.1, 0.15) is 4.90 Å². The second-order valence-corrected chi connectivity index (χ2v) is 9.44. The number of hydrogen-bond acceptors (Lipinski definition) is 5. The molecule has 102 valence electrons. The van der Waals surface area contributed by atoms with E-state index in [0.29, 0.717) is 30.0 Å². The Balaban J connectivity index is 2.28. The summed E-state index contributed by atoms with van der Waals surface area (Å²) in [6.07, 6.45) is -0.227. The van der Waals surface area contributed by atoms with Crippen LogP contribution in [0, 0.1) is 0 Å². The van der Waals surface area contributed by atoms with Crippen molar-refractivity contribution in [1.82, 2.24) is 4.31 Å². The summed E-state index contributed by atoms with van der Waals surface area (Å²) in [5.41, 5.74) is 5.52. The fraction of sp³-hybridized carbons (Fsp3) is 0.556. The van der Waals surface area contributed by atoms with Gasteiger partial charge in [0.15, 0.2) is 0 Å². The highest BCUT2D eigenvalue weighted by atomic mass is 79.9. The molecule has 0 aromatic carbocycles. The van der Waals surface area contributed by atoms with Gasteiger partial charge in [0.05, 0.1) is 20.3 Å². The molecule has 2 heterocycles. The van der Waals surface area contributed by atoms with Crippen LogP contribution in [0.15, 0.2) is 18.5 Å². The maximum absolute atomic E-state index is 12.5. The molecule has 1 aliphatic heterocycles. The van der Waals surface area contributed by atoms with Gasteiger partial charge < -0.3 is 10.5 Å². The number of halogens is 2. The fourth-order valence-electron chi connectivity index (χ4n) is 1.69. The average molecular weight is 420 g/mol. The number of rotatable bonds is 3. The number of nitrogens with zero attached hydrogens (tertiary/aromatic N) is 1. The van der Waals surface area contributed by atoms with Gasteiger partial charge in [-0.3, -0.25) is 0 Å². The molecule has 0 saturated carbocycles. The van der Waals surface area contributed by atoms with E-state index < -0.39 is 10.0 Å². The van der Waals surface area contributed by atoms with Crippen molar-refractivity contribution >= 4 is 53.2 Å². The third-order valence-electron chi connectivity index (χ3n) is 2.61. The van der Waals surface area contributed by atoms with E-state index in [1.54, 1.807) is 6.07 Å². The molecule has 2 N–H and O–H groups in total. The van der Waals surface area contributed by atoms with E-state index >= 15 is 0 Å². The standard InChI is InChI=1S/C9H12Br2N2O3S2/c10-8-3-7(9(11)17-8)18(14,15)13-1-2-16-6(4-12)5-13/h3,6H,1-2,4-5,12H2. The number of thiophene rings is 1. The molecular formula is C9H12Br2N2O3S2. The molecular weight excluding hydrogens is 408 g/mol. The number of nitrogens with two attached hydrogens (primary N) is 1. The van der Waals surface area contributed by atoms with E-state index in [-0.39, 0.29) is 11.0 Å². The zero-order valence-electron chi connectivity index (χ0n) is 9.30. The van der Waals surface area contributed by atoms with Gasteiger partial charge in [0, 0.05) is 19.6 Å². The highest BCUT2D eigenvalue weighted by Crippen LogP contribution is 2.36. The van der Waals surface area contributed by atoms with Crippen LogP contribution in [0.5, 0.6) is 0 Å². The van der Waals surface area contributed by atoms with Gasteiger partial charge in [-0.05, 0) is 37.9 Å². The van der Waals surface area contributed by atoms with Crippen molar-refractivity contribution < 1.29 is 13.2 Å². The number of morpholine rings is 1. The Kier molecular flexibility index (Phi) is 4.85. The summed E-state index contributed by atoms with van der Waals surface area (Å²) in [7, 11) is -3.48. The van der Waals surface area contributed by atoms with E-state index in [4.69, 9.17) is 10.5 Å². The van der Waals surface area contributed by atoms with Crippen LogP contribution in [0.4, 0.5) is 0 Å². The molecule has 18 heavy (non-hydrogen) atoms. The van der Waals surface area contributed by atoms with E-state index in [2.05, 4.69) is 31.9 Å². The molecule has 0 bridgehead atoms. The lowest BCUT2D eigenvalue weighted by Gasteiger charge is -2.31. The Labute approximate surface area is 127 Å². The van der Waals surface area contributed by atoms with Crippen molar-refractivity contribution in [2.75, 3.05) is 26.2 Å². The monoisotopic (exact) mass is 418 g/mol. The summed E-state index contributed by atoms with van der Waals surface area (Å²) >= 11 is 7.90. The van der Waals surface area contributed by atoms with E-state index in [1.807, 2.05) is 0 Å². The van der Waals surface area contributed by atoms with E-state index in [0.717, 1.165) is 3.79 Å². The summed E-state index contributed by atoms with van der Waals surface area (Å²) in [6.45, 7) is 1.36. The SMILES string of the molecule is NCC1CN(S(=O)(=O)c2cc(Br)sc2Br)CCO1. The van der Waals surface area contributed by atoms with E-state index in [1.165, 1.54) is 15.6 Å². The second-order valence-electron chi connectivity index (χ2n) is 3.78. The maximum atomic E-state index is 12.5. The van der Waals surface area contributed by atoms with Gasteiger partial charge in [0.25, 0.3) is 0 Å². The predicted octanol–water partition coefficient (Wildman–Crippen LogP) is 1.62. The van der Waals surface area contributed by atoms with Crippen molar-refractivity contribution in [3.8, 4) is 0 Å². The summed E-state index contributed by atoms with van der Waals surface area (Å²) in [5, 5.41) is 0. The summed E-state index contributed by atoms with van der Waals surface area (Å²) in [5.74, 6) is 0. The summed E-state index contributed by atoms with van der Waals surface area (Å²) in [4.78, 5) is 0.289. The summed E-state index contributed by atoms with van der Waals surface area (Å²) in [6, 6.07) is 1.61. The number of ether oxygens (including phenoxy) is 1. The zero-order valence-corrected chi connectivity index (χ0v) is 14.1. The minimum atomic E-state index is -3.48. The van der Waals surface area contributed by atoms with Crippen molar-refractivity contribution in [2.45, 2.75) is 11.0 Å². The molecule has 1 aromatic heterocycles. The van der Waals surface area contributed by atoms with Gasteiger partial charge >= 0.3 is 0 Å². The van der Waals surface area contributed by atoms with Crippen LogP contribution in [0.1, 0.15) is 0 Å². The Bertz CT molecular complexity index is 532. The fourth-order valence-corrected chi connectivity index (χ4v) is 6.91. The van der Waals surface area contributed by atoms with Crippen LogP contribution in [0.2, 0.25) is 0 Å². The normalized spacial score (nSPS) is 22.3. The first kappa shape index (κ1) is 14.9. The van der Waals surface area contributed by atoms with Crippen molar-refractivity contribution in [3.05, 3.63) is 13.6 Å². The summed E-state index contributed by atoms with van der Waals surface area (Å²) < 4.78 is 33.1. The molecule has 0 aliphatic carbocycles. The maximum Gasteiger partial charge on any atom is 0.245 e. The molecule has 1 aromatic rings. The average Bonchev–Trinajstić information content (AvgIpc) is 2.69. The minimum Gasteiger partial charge on any atom is -0.374 e. The minimum absolute atomic E-state index is 0.227. The molecule has 5 nitrogen and oxygen atoms in total. The third kappa shape index (κ3) is 2.97. The lowest BCUT2D eigenvalue weighted by molar-refractivity contribution is 0.00450. The second kappa shape index (κ2) is 5.86. The van der Waals surface area contributed by atoms with Crippen molar-refractivity contribution in [1.29, 1.82) is 0 Å². The first-order valence-electron chi connectivity index (χ1n) is 5.22. The Morgan fingerprint density at radius 1 is 1.56 bits per heavy atom. The largest absolute Gasteiger partial charge is 0.374 e. The van der Waals surface area contributed by atoms with Gasteiger partial charge in [0.2, 0.25) is 10.0 Å². The number of hydrogen-bond donors (Lipinski definition) is 1. The van der Waals surface area contributed by atoms with Gasteiger partial charge in [-0.25, -0.2) is 8.42 Å². The lowest BCUT2D eigenvalue weighted by Crippen LogP contribution is -2.48. The topological polar surface area (TPSA) is 72.6 Å². The highest BCUT2D eigenvalue weighted by Gasteiger charge is 2.32. The quantitative estimate of drug-likeness (QED) is 0.807. The molecule has 0 spiro atoms. The predicted molar refractivity (Wildman–Crippen MR) is 77.3 cm³/mol. The first-order chi connectivity index (χ1) is 8.45. The third-order valence-corrected chi connectivity index (χ3v) is 7.23. The van der Waals surface area contributed by atoms with Crippen molar-refractivity contribution in [2.24, 2.45) is 5.73 Å². The molecule has 1 unspecified atom stereocenters. The molecule has 1 fully saturated rings. The van der Waals surface area contributed by atoms with Gasteiger partial charge in [-0.2, -0.15) is 4.31 Å². The Hall–Kier alpha value is 0.490. The van der Waals surface area contributed by atoms with Crippen LogP contribution in [0.3, 0.4) is 0 Å². The molecule has 1 aliphatic rings. The molecule has 1 saturated heterocycles. The van der Waals surface area contributed by atoms with Gasteiger partial charge in [-0.1, -0.05) is 0 Å². The van der Waals surface area contributed by atoms with Crippen LogP contribution in [-0.4, -0.2) is 45.1 Å². The number of sulfonamides is 1. The molecule has 2 rings (SSSR count). The van der Waals surface area contributed by atoms with Crippen LogP contribution in [0.25, 0.3) is 0 Å². The smallest absolute Gasteiger partial charge is 0.245 e. The zero-order chi connectivity index (χ0) is 13.3. The van der Waals surface area contributed by atoms with Crippen LogP contribution in [-0.2, 0) is 14.8 Å². The lowest BCUT2D eigenvalue weighted by atomic mass is 10.3. The van der Waals surface area contributed by atoms with Crippen LogP contribution < -0.4 is 5.73 Å². The molecule has 0 radical (unpaired) electrons. The van der Waals surface area contributed by atoms with Crippen molar-refractivity contribution in [3.63, 3.8) is 0 Å². The Morgan fingerprint density at radius 2 is 2.28 bits per heavy atom. The highest BCUT2D eigenvalue weighted by molar-refractivity contribution is 9.12. The molecule has 1 atom stereocenters. The van der Waals surface area contributed by atoms with Crippen LogP contribution >= 0.6 is 43.2 Å². The molecule has 0 amide bonds. The molecule has 9 heteroatoms. The first-order valence-corrected chi connectivity index (χ1v) is 9.06. The van der Waals surface area contributed by atoms with Gasteiger partial charge in [-0.15, -0.1) is 11.3 Å². The Morgan fingerprint density at radius 3 is 2.83 bits per heavy atom. The van der Waals surface area contributed by atoms with E-state index in [9.17, 15) is 8.42 Å².